The summed E-state index contributed by atoms with van der Waals surface area (Å²) in [5.74, 6) is -0.313. The van der Waals surface area contributed by atoms with Crippen molar-refractivity contribution < 1.29 is 13.6 Å². The molecule has 1 amide bonds. The molecule has 0 fully saturated rings. The van der Waals surface area contributed by atoms with Gasteiger partial charge in [-0.2, -0.15) is 5.26 Å². The zero-order chi connectivity index (χ0) is 16.9. The SMILES string of the molecule is N#Cc1ccsc1NC(=O)CSc1nnc(-c2ccc(F)cc2)o1. The molecule has 0 radical (unpaired) electrons. The first-order valence-electron chi connectivity index (χ1n) is 6.65. The van der Waals surface area contributed by atoms with Crippen LogP contribution in [0.3, 0.4) is 0 Å². The Morgan fingerprint density at radius 1 is 1.33 bits per heavy atom. The highest BCUT2D eigenvalue weighted by Gasteiger charge is 2.13. The Labute approximate surface area is 144 Å². The van der Waals surface area contributed by atoms with Gasteiger partial charge in [0.2, 0.25) is 11.8 Å². The summed E-state index contributed by atoms with van der Waals surface area (Å²) in [6.45, 7) is 0. The predicted molar refractivity (Wildman–Crippen MR) is 88.1 cm³/mol. The molecule has 2 heterocycles. The van der Waals surface area contributed by atoms with Crippen molar-refractivity contribution in [2.75, 3.05) is 11.1 Å². The van der Waals surface area contributed by atoms with Gasteiger partial charge in [0, 0.05) is 5.56 Å². The molecule has 24 heavy (non-hydrogen) atoms. The number of aromatic nitrogens is 2. The van der Waals surface area contributed by atoms with Crippen LogP contribution in [0.2, 0.25) is 0 Å². The van der Waals surface area contributed by atoms with Crippen LogP contribution in [0.25, 0.3) is 11.5 Å². The molecular formula is C15H9FN4O2S2. The number of anilines is 1. The number of halogens is 1. The van der Waals surface area contributed by atoms with Crippen molar-refractivity contribution in [3.05, 3.63) is 47.1 Å². The summed E-state index contributed by atoms with van der Waals surface area (Å²) < 4.78 is 18.3. The maximum Gasteiger partial charge on any atom is 0.277 e. The second-order valence-electron chi connectivity index (χ2n) is 4.49. The number of hydrogen-bond donors (Lipinski definition) is 1. The number of thiophene rings is 1. The van der Waals surface area contributed by atoms with Gasteiger partial charge < -0.3 is 9.73 Å². The van der Waals surface area contributed by atoms with E-state index in [0.717, 1.165) is 11.8 Å². The highest BCUT2D eigenvalue weighted by Crippen LogP contribution is 2.25. The first kappa shape index (κ1) is 16.2. The van der Waals surface area contributed by atoms with Crippen molar-refractivity contribution in [1.29, 1.82) is 5.26 Å². The number of nitrogens with zero attached hydrogens (tertiary/aromatic N) is 3. The lowest BCUT2D eigenvalue weighted by molar-refractivity contribution is -0.113. The van der Waals surface area contributed by atoms with Gasteiger partial charge in [0.25, 0.3) is 5.22 Å². The van der Waals surface area contributed by atoms with E-state index in [9.17, 15) is 9.18 Å². The Morgan fingerprint density at radius 3 is 2.88 bits per heavy atom. The second kappa shape index (κ2) is 7.25. The van der Waals surface area contributed by atoms with Gasteiger partial charge in [-0.05, 0) is 35.7 Å². The molecule has 1 aromatic carbocycles. The van der Waals surface area contributed by atoms with Crippen LogP contribution in [0, 0.1) is 17.1 Å². The van der Waals surface area contributed by atoms with Crippen LogP contribution >= 0.6 is 23.1 Å². The van der Waals surface area contributed by atoms with E-state index in [1.165, 1.54) is 35.6 Å². The minimum atomic E-state index is -0.352. The average molecular weight is 360 g/mol. The van der Waals surface area contributed by atoms with Crippen molar-refractivity contribution >= 4 is 34.0 Å². The highest BCUT2D eigenvalue weighted by atomic mass is 32.2. The highest BCUT2D eigenvalue weighted by molar-refractivity contribution is 7.99. The smallest absolute Gasteiger partial charge is 0.277 e. The third kappa shape index (κ3) is 3.79. The first-order valence-corrected chi connectivity index (χ1v) is 8.52. The van der Waals surface area contributed by atoms with Gasteiger partial charge >= 0.3 is 0 Å². The molecule has 0 atom stereocenters. The Balaban J connectivity index is 1.58. The zero-order valence-electron chi connectivity index (χ0n) is 12.0. The Morgan fingerprint density at radius 2 is 2.12 bits per heavy atom. The van der Waals surface area contributed by atoms with Gasteiger partial charge in [-0.25, -0.2) is 4.39 Å². The molecular weight excluding hydrogens is 351 g/mol. The number of nitrogens with one attached hydrogen (secondary N) is 1. The Hall–Kier alpha value is -2.70. The number of carbonyl (C=O) groups is 1. The van der Waals surface area contributed by atoms with Gasteiger partial charge in [0.15, 0.2) is 0 Å². The summed E-state index contributed by atoms with van der Waals surface area (Å²) in [5, 5.41) is 21.7. The molecule has 0 aliphatic heterocycles. The van der Waals surface area contributed by atoms with Crippen LogP contribution in [0.1, 0.15) is 5.56 Å². The molecule has 1 N–H and O–H groups in total. The van der Waals surface area contributed by atoms with Crippen molar-refractivity contribution in [2.24, 2.45) is 0 Å². The fraction of sp³-hybridized carbons (Fsp3) is 0.0667. The van der Waals surface area contributed by atoms with E-state index in [2.05, 4.69) is 15.5 Å². The summed E-state index contributed by atoms with van der Waals surface area (Å²) in [7, 11) is 0. The molecule has 3 rings (SSSR count). The number of benzene rings is 1. The number of amides is 1. The monoisotopic (exact) mass is 360 g/mol. The lowest BCUT2D eigenvalue weighted by atomic mass is 10.2. The third-order valence-electron chi connectivity index (χ3n) is 2.86. The predicted octanol–water partition coefficient (Wildman–Crippen LogP) is 3.54. The van der Waals surface area contributed by atoms with Crippen LogP contribution in [-0.2, 0) is 4.79 Å². The van der Waals surface area contributed by atoms with Gasteiger partial charge in [-0.1, -0.05) is 11.8 Å². The van der Waals surface area contributed by atoms with Crippen molar-refractivity contribution in [3.8, 4) is 17.5 Å². The fourth-order valence-corrected chi connectivity index (χ4v) is 3.08. The molecule has 0 aliphatic rings. The lowest BCUT2D eigenvalue weighted by Gasteiger charge is -2.01. The van der Waals surface area contributed by atoms with Crippen LogP contribution in [0.4, 0.5) is 9.39 Å². The largest absolute Gasteiger partial charge is 0.411 e. The number of nitriles is 1. The zero-order valence-corrected chi connectivity index (χ0v) is 13.7. The topological polar surface area (TPSA) is 91.8 Å². The lowest BCUT2D eigenvalue weighted by Crippen LogP contribution is -2.13. The number of rotatable bonds is 5. The van der Waals surface area contributed by atoms with E-state index >= 15 is 0 Å². The minimum Gasteiger partial charge on any atom is -0.411 e. The molecule has 0 aliphatic carbocycles. The standard InChI is InChI=1S/C15H9FN4O2S2/c16-11-3-1-9(2-4-11)13-19-20-15(22-13)24-8-12(21)18-14-10(7-17)5-6-23-14/h1-6H,8H2,(H,18,21). The van der Waals surface area contributed by atoms with E-state index in [-0.39, 0.29) is 28.6 Å². The average Bonchev–Trinajstić information content (AvgIpc) is 3.22. The van der Waals surface area contributed by atoms with E-state index in [0.29, 0.717) is 16.1 Å². The number of thioether (sulfide) groups is 1. The molecule has 0 unspecified atom stereocenters. The molecule has 120 valence electrons. The maximum absolute atomic E-state index is 12.9. The summed E-state index contributed by atoms with van der Waals surface area (Å²) in [6, 6.07) is 9.30. The number of carbonyl (C=O) groups excluding carboxylic acids is 1. The molecule has 0 spiro atoms. The van der Waals surface area contributed by atoms with E-state index < -0.39 is 0 Å². The van der Waals surface area contributed by atoms with Crippen molar-refractivity contribution in [2.45, 2.75) is 5.22 Å². The molecule has 0 bridgehead atoms. The Kier molecular flexibility index (Phi) is 4.88. The van der Waals surface area contributed by atoms with Crippen LogP contribution in [-0.4, -0.2) is 21.9 Å². The molecule has 3 aromatic rings. The number of hydrogen-bond acceptors (Lipinski definition) is 7. The van der Waals surface area contributed by atoms with E-state index in [1.54, 1.807) is 11.4 Å². The van der Waals surface area contributed by atoms with Crippen LogP contribution in [0.5, 0.6) is 0 Å². The minimum absolute atomic E-state index is 0.0633. The summed E-state index contributed by atoms with van der Waals surface area (Å²) >= 11 is 2.36. The normalized spacial score (nSPS) is 10.3. The van der Waals surface area contributed by atoms with Crippen molar-refractivity contribution in [1.82, 2.24) is 10.2 Å². The van der Waals surface area contributed by atoms with Gasteiger partial charge in [-0.15, -0.1) is 21.5 Å². The second-order valence-corrected chi connectivity index (χ2v) is 6.33. The van der Waals surface area contributed by atoms with Crippen LogP contribution < -0.4 is 5.32 Å². The summed E-state index contributed by atoms with van der Waals surface area (Å²) in [4.78, 5) is 11.9. The van der Waals surface area contributed by atoms with E-state index in [1.807, 2.05) is 6.07 Å². The summed E-state index contributed by atoms with van der Waals surface area (Å²) in [5.41, 5.74) is 1.02. The van der Waals surface area contributed by atoms with Gasteiger partial charge in [-0.3, -0.25) is 4.79 Å². The summed E-state index contributed by atoms with van der Waals surface area (Å²) in [6.07, 6.45) is 0. The fourth-order valence-electron chi connectivity index (χ4n) is 1.76. The maximum atomic E-state index is 12.9. The molecule has 9 heteroatoms. The molecule has 6 nitrogen and oxygen atoms in total. The molecule has 0 saturated heterocycles. The quantitative estimate of drug-likeness (QED) is 0.700. The van der Waals surface area contributed by atoms with Gasteiger partial charge in [0.05, 0.1) is 11.3 Å². The molecule has 2 aromatic heterocycles. The first-order chi connectivity index (χ1) is 11.7. The van der Waals surface area contributed by atoms with Crippen molar-refractivity contribution in [3.63, 3.8) is 0 Å². The van der Waals surface area contributed by atoms with Crippen LogP contribution in [0.15, 0.2) is 45.4 Å². The third-order valence-corrected chi connectivity index (χ3v) is 4.51. The Bertz CT molecular complexity index is 899. The molecule has 0 saturated carbocycles. The van der Waals surface area contributed by atoms with Gasteiger partial charge in [0.1, 0.15) is 16.9 Å². The van der Waals surface area contributed by atoms with E-state index in [4.69, 9.17) is 9.68 Å².